The van der Waals surface area contributed by atoms with Gasteiger partial charge in [0.1, 0.15) is 30.0 Å². The topological polar surface area (TPSA) is 107 Å². The van der Waals surface area contributed by atoms with Crippen LogP contribution in [0.4, 0.5) is 5.13 Å². The molecule has 44 heavy (non-hydrogen) atoms. The number of benzene rings is 3. The number of anilines is 1. The summed E-state index contributed by atoms with van der Waals surface area (Å²) in [6.45, 7) is 10.6. The number of nitrogens with zero attached hydrogens (tertiary/aromatic N) is 2. The molecule has 0 aliphatic carbocycles. The first-order chi connectivity index (χ1) is 21.3. The van der Waals surface area contributed by atoms with Gasteiger partial charge in [0.2, 0.25) is 0 Å². The molecule has 10 heteroatoms. The molecule has 3 aromatic carbocycles. The summed E-state index contributed by atoms with van der Waals surface area (Å²) in [5, 5.41) is 12.0. The third-order valence-corrected chi connectivity index (χ3v) is 8.44. The number of thiazole rings is 1. The van der Waals surface area contributed by atoms with Crippen molar-refractivity contribution in [2.24, 2.45) is 0 Å². The lowest BCUT2D eigenvalue weighted by atomic mass is 9.94. The molecule has 2 atom stereocenters. The van der Waals surface area contributed by atoms with E-state index in [-0.39, 0.29) is 24.0 Å². The van der Waals surface area contributed by atoms with Crippen LogP contribution in [0.2, 0.25) is 0 Å². The van der Waals surface area contributed by atoms with E-state index < -0.39 is 17.7 Å². The van der Waals surface area contributed by atoms with Gasteiger partial charge in [0.05, 0.1) is 35.0 Å². The molecule has 0 radical (unpaired) electrons. The number of aliphatic hydroxyl groups is 1. The highest BCUT2D eigenvalue weighted by molar-refractivity contribution is 7.22. The Kier molecular flexibility index (Phi) is 8.01. The van der Waals surface area contributed by atoms with E-state index in [1.807, 2.05) is 45.0 Å². The first kappa shape index (κ1) is 29.3. The number of ketones is 1. The summed E-state index contributed by atoms with van der Waals surface area (Å²) in [6, 6.07) is 15.0. The van der Waals surface area contributed by atoms with Crippen LogP contribution in [-0.4, -0.2) is 47.7 Å². The van der Waals surface area contributed by atoms with Crippen LogP contribution in [0.25, 0.3) is 16.0 Å². The number of ether oxygens (including phenoxy) is 4. The van der Waals surface area contributed by atoms with Crippen LogP contribution in [-0.2, 0) is 16.0 Å². The highest BCUT2D eigenvalue weighted by atomic mass is 32.1. The van der Waals surface area contributed by atoms with Gasteiger partial charge < -0.3 is 24.1 Å². The summed E-state index contributed by atoms with van der Waals surface area (Å²) >= 11 is 1.27. The molecular formula is C34H32N2O7S. The smallest absolute Gasteiger partial charge is 0.301 e. The van der Waals surface area contributed by atoms with Crippen molar-refractivity contribution in [1.82, 2.24) is 4.98 Å². The molecule has 3 heterocycles. The van der Waals surface area contributed by atoms with E-state index in [0.29, 0.717) is 58.7 Å². The van der Waals surface area contributed by atoms with Crippen molar-refractivity contribution < 1.29 is 33.6 Å². The Hall–Kier alpha value is -4.83. The Bertz CT molecular complexity index is 1810. The molecule has 6 rings (SSSR count). The average Bonchev–Trinajstić information content (AvgIpc) is 3.68. The van der Waals surface area contributed by atoms with E-state index in [9.17, 15) is 14.7 Å². The van der Waals surface area contributed by atoms with E-state index in [0.717, 1.165) is 16.0 Å². The van der Waals surface area contributed by atoms with Crippen LogP contribution in [0.5, 0.6) is 23.0 Å². The number of rotatable bonds is 10. The summed E-state index contributed by atoms with van der Waals surface area (Å²) in [7, 11) is 0. The van der Waals surface area contributed by atoms with Crippen molar-refractivity contribution in [3.05, 3.63) is 89.5 Å². The predicted octanol–water partition coefficient (Wildman–Crippen LogP) is 6.61. The van der Waals surface area contributed by atoms with Crippen LogP contribution in [0.15, 0.2) is 72.8 Å². The number of carbonyl (C=O) groups excluding carboxylic acids is 2. The second kappa shape index (κ2) is 12.0. The molecule has 1 fully saturated rings. The zero-order valence-electron chi connectivity index (χ0n) is 24.7. The fourth-order valence-corrected chi connectivity index (χ4v) is 6.57. The van der Waals surface area contributed by atoms with Crippen LogP contribution in [0.1, 0.15) is 43.5 Å². The molecule has 1 saturated heterocycles. The van der Waals surface area contributed by atoms with E-state index in [1.165, 1.54) is 16.2 Å². The van der Waals surface area contributed by atoms with Crippen molar-refractivity contribution in [1.29, 1.82) is 0 Å². The molecule has 1 amide bonds. The van der Waals surface area contributed by atoms with Crippen molar-refractivity contribution in [3.63, 3.8) is 0 Å². The molecule has 0 saturated carbocycles. The fourth-order valence-electron chi connectivity index (χ4n) is 5.55. The predicted molar refractivity (Wildman–Crippen MR) is 169 cm³/mol. The lowest BCUT2D eigenvalue weighted by molar-refractivity contribution is -0.132. The third-order valence-electron chi connectivity index (χ3n) is 7.42. The van der Waals surface area contributed by atoms with Gasteiger partial charge >= 0.3 is 5.91 Å². The maximum absolute atomic E-state index is 13.8. The van der Waals surface area contributed by atoms with Gasteiger partial charge in [0, 0.05) is 12.0 Å². The molecule has 226 valence electrons. The maximum atomic E-state index is 13.8. The first-order valence-electron chi connectivity index (χ1n) is 14.5. The Morgan fingerprint density at radius 3 is 2.66 bits per heavy atom. The minimum Gasteiger partial charge on any atom is -0.507 e. The number of aromatic nitrogens is 1. The molecule has 9 nitrogen and oxygen atoms in total. The summed E-state index contributed by atoms with van der Waals surface area (Å²) in [5.41, 5.74) is 2.51. The molecule has 2 aliphatic rings. The van der Waals surface area contributed by atoms with Gasteiger partial charge in [-0.05, 0) is 80.4 Å². The fraction of sp³-hybridized carbons (Fsp3) is 0.265. The van der Waals surface area contributed by atoms with Crippen LogP contribution in [0, 0.1) is 0 Å². The number of fused-ring (bicyclic) bond motifs is 2. The Labute approximate surface area is 259 Å². The van der Waals surface area contributed by atoms with E-state index in [1.54, 1.807) is 36.4 Å². The SMILES string of the molecule is C=CCOc1ccc([C@@H]2C(=C(O)c3ccc4c(c3)C[C@H](C)O4)C(=O)C(=O)N2c2nc3ccc(OCC)cc3s2)cc1OCC. The van der Waals surface area contributed by atoms with Gasteiger partial charge in [-0.25, -0.2) is 4.98 Å². The number of aliphatic hydroxyl groups excluding tert-OH is 1. The second-order valence-electron chi connectivity index (χ2n) is 10.4. The van der Waals surface area contributed by atoms with Crippen molar-refractivity contribution >= 4 is 44.1 Å². The third kappa shape index (κ3) is 5.26. The highest BCUT2D eigenvalue weighted by Crippen LogP contribution is 2.46. The standard InChI is InChI=1S/C34H32N2O7S/c1-5-14-42-26-13-8-20(17-27(26)41-7-3)30-29(31(37)21-9-12-25-22(16-21)15-19(4)43-25)32(38)33(39)36(30)34-35-24-11-10-23(40-6-2)18-28(24)44-34/h5,8-13,16-19,30,37H,1,6-7,14-15H2,2-4H3/t19-,30+/m0/s1. The quantitative estimate of drug-likeness (QED) is 0.0923. The maximum Gasteiger partial charge on any atom is 0.301 e. The summed E-state index contributed by atoms with van der Waals surface area (Å²) in [6.07, 6.45) is 2.31. The summed E-state index contributed by atoms with van der Waals surface area (Å²) < 4.78 is 23.9. The molecule has 0 unspecified atom stereocenters. The van der Waals surface area contributed by atoms with Crippen LogP contribution >= 0.6 is 11.3 Å². The van der Waals surface area contributed by atoms with Gasteiger partial charge in [0.25, 0.3) is 5.78 Å². The van der Waals surface area contributed by atoms with Gasteiger partial charge in [0.15, 0.2) is 16.6 Å². The zero-order valence-corrected chi connectivity index (χ0v) is 25.5. The number of hydrogen-bond acceptors (Lipinski definition) is 9. The zero-order chi connectivity index (χ0) is 31.0. The Morgan fingerprint density at radius 2 is 1.89 bits per heavy atom. The summed E-state index contributed by atoms with van der Waals surface area (Å²) in [5.74, 6) is 0.474. The van der Waals surface area contributed by atoms with Gasteiger partial charge in [-0.2, -0.15) is 0 Å². The number of Topliss-reactive ketones (excluding diaryl/α,β-unsaturated/α-hetero) is 1. The molecule has 2 aliphatic heterocycles. The van der Waals surface area contributed by atoms with Crippen molar-refractivity contribution in [3.8, 4) is 23.0 Å². The largest absolute Gasteiger partial charge is 0.507 e. The van der Waals surface area contributed by atoms with Gasteiger partial charge in [-0.1, -0.05) is 30.1 Å². The van der Waals surface area contributed by atoms with Crippen molar-refractivity contribution in [2.75, 3.05) is 24.7 Å². The first-order valence-corrected chi connectivity index (χ1v) is 15.3. The van der Waals surface area contributed by atoms with E-state index in [2.05, 4.69) is 6.58 Å². The molecule has 0 spiro atoms. The number of carbonyl (C=O) groups is 2. The van der Waals surface area contributed by atoms with Crippen LogP contribution in [0.3, 0.4) is 0 Å². The second-order valence-corrected chi connectivity index (χ2v) is 11.4. The van der Waals surface area contributed by atoms with Crippen LogP contribution < -0.4 is 23.8 Å². The molecular weight excluding hydrogens is 580 g/mol. The van der Waals surface area contributed by atoms with Crippen molar-refractivity contribution in [2.45, 2.75) is 39.3 Å². The Balaban J connectivity index is 1.52. The monoisotopic (exact) mass is 612 g/mol. The minimum atomic E-state index is -0.988. The van der Waals surface area contributed by atoms with Gasteiger partial charge in [-0.3, -0.25) is 14.5 Å². The molecule has 0 bridgehead atoms. The average molecular weight is 613 g/mol. The van der Waals surface area contributed by atoms with E-state index in [4.69, 9.17) is 23.9 Å². The number of hydrogen-bond donors (Lipinski definition) is 1. The molecule has 1 N–H and O–H groups in total. The summed E-state index contributed by atoms with van der Waals surface area (Å²) in [4.78, 5) is 33.7. The molecule has 4 aromatic rings. The lowest BCUT2D eigenvalue weighted by Gasteiger charge is -2.24. The number of amides is 1. The lowest BCUT2D eigenvalue weighted by Crippen LogP contribution is -2.29. The minimum absolute atomic E-state index is 0.00839. The van der Waals surface area contributed by atoms with E-state index >= 15 is 0 Å². The Morgan fingerprint density at radius 1 is 1.07 bits per heavy atom. The normalized spacial score (nSPS) is 18.8. The van der Waals surface area contributed by atoms with Gasteiger partial charge in [-0.15, -0.1) is 0 Å². The molecule has 1 aromatic heterocycles. The highest BCUT2D eigenvalue weighted by Gasteiger charge is 2.48.